The summed E-state index contributed by atoms with van der Waals surface area (Å²) >= 11 is 4.07. The average Bonchev–Trinajstić information content (AvgIpc) is 2.17. The van der Waals surface area contributed by atoms with Crippen molar-refractivity contribution in [2.75, 3.05) is 0 Å². The van der Waals surface area contributed by atoms with Crippen molar-refractivity contribution in [1.29, 1.82) is 0 Å². The van der Waals surface area contributed by atoms with Crippen LogP contribution in [0.15, 0.2) is 24.3 Å². The minimum Gasteiger partial charge on any atom is -0.368 e. The molecule has 0 aliphatic heterocycles. The van der Waals surface area contributed by atoms with Gasteiger partial charge in [-0.15, -0.1) is 0 Å². The van der Waals surface area contributed by atoms with Crippen LogP contribution in [0.1, 0.15) is 16.4 Å². The highest BCUT2D eigenvalue weighted by atomic mass is 32.1. The Morgan fingerprint density at radius 3 is 2.31 bits per heavy atom. The fourth-order valence-electron chi connectivity index (χ4n) is 1.00. The number of nitrogens with two attached hydrogens (primary N) is 2. The number of carbonyl (C=O) groups is 1. The molecule has 4 N–H and O–H groups in total. The van der Waals surface area contributed by atoms with E-state index < -0.39 is 11.2 Å². The van der Waals surface area contributed by atoms with E-state index in [0.29, 0.717) is 6.54 Å². The molecule has 0 aromatic heterocycles. The second-order valence-corrected chi connectivity index (χ2v) is 3.27. The highest BCUT2D eigenvalue weighted by Crippen LogP contribution is 2.19. The van der Waals surface area contributed by atoms with Crippen molar-refractivity contribution in [2.45, 2.75) is 11.8 Å². The summed E-state index contributed by atoms with van der Waals surface area (Å²) < 4.78 is 0. The molecule has 0 fully saturated rings. The van der Waals surface area contributed by atoms with Gasteiger partial charge < -0.3 is 11.5 Å². The van der Waals surface area contributed by atoms with Crippen molar-refractivity contribution in [1.82, 2.24) is 0 Å². The Labute approximate surface area is 82.5 Å². The van der Waals surface area contributed by atoms with Crippen LogP contribution in [0.5, 0.6) is 0 Å². The Morgan fingerprint density at radius 1 is 1.38 bits per heavy atom. The Bertz CT molecular complexity index is 297. The summed E-state index contributed by atoms with van der Waals surface area (Å²) in [6.07, 6.45) is 0. The maximum atomic E-state index is 10.8. The number of rotatable bonds is 3. The molecule has 0 bridgehead atoms. The van der Waals surface area contributed by atoms with Gasteiger partial charge >= 0.3 is 0 Å². The van der Waals surface area contributed by atoms with E-state index in [4.69, 9.17) is 11.5 Å². The van der Waals surface area contributed by atoms with Crippen molar-refractivity contribution < 1.29 is 4.79 Å². The summed E-state index contributed by atoms with van der Waals surface area (Å²) in [6, 6.07) is 7.35. The summed E-state index contributed by atoms with van der Waals surface area (Å²) in [5.41, 5.74) is 12.3. The molecule has 0 aliphatic rings. The van der Waals surface area contributed by atoms with E-state index >= 15 is 0 Å². The molecule has 0 heterocycles. The molecule has 1 amide bonds. The lowest BCUT2D eigenvalue weighted by molar-refractivity contribution is -0.117. The molecule has 4 heteroatoms. The number of amides is 1. The van der Waals surface area contributed by atoms with Gasteiger partial charge in [0.25, 0.3) is 0 Å². The molecule has 0 radical (unpaired) electrons. The molecule has 1 unspecified atom stereocenters. The van der Waals surface area contributed by atoms with E-state index in [0.717, 1.165) is 11.1 Å². The predicted molar refractivity (Wildman–Crippen MR) is 55.3 cm³/mol. The molecule has 0 saturated carbocycles. The molecule has 0 aliphatic carbocycles. The van der Waals surface area contributed by atoms with Gasteiger partial charge in [-0.1, -0.05) is 24.3 Å². The van der Waals surface area contributed by atoms with Crippen molar-refractivity contribution in [3.05, 3.63) is 35.4 Å². The Kier molecular flexibility index (Phi) is 3.33. The van der Waals surface area contributed by atoms with Gasteiger partial charge in [-0.05, 0) is 11.1 Å². The third kappa shape index (κ3) is 2.47. The van der Waals surface area contributed by atoms with Crippen molar-refractivity contribution in [3.63, 3.8) is 0 Å². The lowest BCUT2D eigenvalue weighted by atomic mass is 10.1. The van der Waals surface area contributed by atoms with Crippen LogP contribution in [-0.2, 0) is 11.3 Å². The average molecular weight is 196 g/mol. The van der Waals surface area contributed by atoms with Gasteiger partial charge in [0.15, 0.2) is 0 Å². The number of primary amides is 1. The SMILES string of the molecule is NCc1ccc(C(S)C(N)=O)cc1. The topological polar surface area (TPSA) is 69.1 Å². The lowest BCUT2D eigenvalue weighted by Crippen LogP contribution is -2.17. The first-order valence-corrected chi connectivity index (χ1v) is 4.43. The summed E-state index contributed by atoms with van der Waals surface area (Å²) in [7, 11) is 0. The van der Waals surface area contributed by atoms with Crippen LogP contribution in [0.2, 0.25) is 0 Å². The predicted octanol–water partition coefficient (Wildman–Crippen LogP) is 0.602. The van der Waals surface area contributed by atoms with Gasteiger partial charge in [0, 0.05) is 6.54 Å². The molecule has 0 spiro atoms. The monoisotopic (exact) mass is 196 g/mol. The van der Waals surface area contributed by atoms with Gasteiger partial charge in [-0.25, -0.2) is 0 Å². The molecule has 3 nitrogen and oxygen atoms in total. The Morgan fingerprint density at radius 2 is 1.92 bits per heavy atom. The molecule has 1 atom stereocenters. The molecule has 1 aromatic rings. The highest BCUT2D eigenvalue weighted by molar-refractivity contribution is 7.81. The van der Waals surface area contributed by atoms with Crippen molar-refractivity contribution in [2.24, 2.45) is 11.5 Å². The van der Waals surface area contributed by atoms with E-state index in [1.54, 1.807) is 0 Å². The van der Waals surface area contributed by atoms with E-state index in [9.17, 15) is 4.79 Å². The summed E-state index contributed by atoms with van der Waals surface area (Å²) in [5.74, 6) is -0.441. The maximum Gasteiger partial charge on any atom is 0.234 e. The van der Waals surface area contributed by atoms with Crippen LogP contribution in [0.25, 0.3) is 0 Å². The first-order valence-electron chi connectivity index (χ1n) is 3.91. The zero-order valence-electron chi connectivity index (χ0n) is 7.10. The summed E-state index contributed by atoms with van der Waals surface area (Å²) in [6.45, 7) is 0.494. The van der Waals surface area contributed by atoms with Gasteiger partial charge in [-0.3, -0.25) is 4.79 Å². The molecule has 1 rings (SSSR count). The molecular formula is C9H12N2OS. The van der Waals surface area contributed by atoms with E-state index in [-0.39, 0.29) is 0 Å². The van der Waals surface area contributed by atoms with Gasteiger partial charge in [0.05, 0.1) is 0 Å². The van der Waals surface area contributed by atoms with Crippen LogP contribution in [0.3, 0.4) is 0 Å². The highest BCUT2D eigenvalue weighted by Gasteiger charge is 2.11. The first kappa shape index (κ1) is 10.1. The molecule has 70 valence electrons. The quantitative estimate of drug-likeness (QED) is 0.620. The number of hydrogen-bond acceptors (Lipinski definition) is 3. The number of thiol groups is 1. The number of benzene rings is 1. The molecular weight excluding hydrogens is 184 g/mol. The summed E-state index contributed by atoms with van der Waals surface area (Å²) in [4.78, 5) is 10.8. The minimum atomic E-state index is -0.535. The largest absolute Gasteiger partial charge is 0.368 e. The third-order valence-corrected chi connectivity index (χ3v) is 2.35. The number of hydrogen-bond donors (Lipinski definition) is 3. The zero-order chi connectivity index (χ0) is 9.84. The van der Waals surface area contributed by atoms with E-state index in [1.165, 1.54) is 0 Å². The maximum absolute atomic E-state index is 10.8. The van der Waals surface area contributed by atoms with E-state index in [2.05, 4.69) is 12.6 Å². The normalized spacial score (nSPS) is 12.5. The second kappa shape index (κ2) is 4.30. The van der Waals surface area contributed by atoms with Crippen LogP contribution in [-0.4, -0.2) is 5.91 Å². The molecule has 1 aromatic carbocycles. The number of carbonyl (C=O) groups excluding carboxylic acids is 1. The summed E-state index contributed by atoms with van der Waals surface area (Å²) in [5, 5.41) is -0.535. The van der Waals surface area contributed by atoms with Crippen LogP contribution in [0, 0.1) is 0 Å². The van der Waals surface area contributed by atoms with Gasteiger partial charge in [0.2, 0.25) is 5.91 Å². The fourth-order valence-corrected chi connectivity index (χ4v) is 1.17. The lowest BCUT2D eigenvalue weighted by Gasteiger charge is -2.06. The fraction of sp³-hybridized carbons (Fsp3) is 0.222. The van der Waals surface area contributed by atoms with Gasteiger partial charge in [0.1, 0.15) is 5.25 Å². The Hall–Kier alpha value is -1.00. The molecule has 13 heavy (non-hydrogen) atoms. The zero-order valence-corrected chi connectivity index (χ0v) is 8.00. The third-order valence-electron chi connectivity index (χ3n) is 1.80. The minimum absolute atomic E-state index is 0.441. The van der Waals surface area contributed by atoms with Crippen molar-refractivity contribution in [3.8, 4) is 0 Å². The van der Waals surface area contributed by atoms with Crippen LogP contribution >= 0.6 is 12.6 Å². The van der Waals surface area contributed by atoms with Gasteiger partial charge in [-0.2, -0.15) is 12.6 Å². The van der Waals surface area contributed by atoms with Crippen molar-refractivity contribution >= 4 is 18.5 Å². The van der Waals surface area contributed by atoms with E-state index in [1.807, 2.05) is 24.3 Å². The smallest absolute Gasteiger partial charge is 0.234 e. The van der Waals surface area contributed by atoms with Crippen LogP contribution < -0.4 is 11.5 Å². The standard InChI is InChI=1S/C9H12N2OS/c10-5-6-1-3-7(4-2-6)8(13)9(11)12/h1-4,8,13H,5,10H2,(H2,11,12). The second-order valence-electron chi connectivity index (χ2n) is 2.75. The van der Waals surface area contributed by atoms with Crippen LogP contribution in [0.4, 0.5) is 0 Å². The Balaban J connectivity index is 2.85. The first-order chi connectivity index (χ1) is 6.15. The molecule has 0 saturated heterocycles.